The lowest BCUT2D eigenvalue weighted by Crippen LogP contribution is -2.18. The summed E-state index contributed by atoms with van der Waals surface area (Å²) in [5, 5.41) is 3.78. The lowest BCUT2D eigenvalue weighted by atomic mass is 10.2. The number of hydrogen-bond donors (Lipinski definition) is 1. The molecular weight excluding hydrogens is 304 g/mol. The van der Waals surface area contributed by atoms with Gasteiger partial charge in [0.05, 0.1) is 25.3 Å². The Morgan fingerprint density at radius 1 is 1.05 bits per heavy atom. The fraction of sp³-hybridized carbons (Fsp3) is 0.133. The van der Waals surface area contributed by atoms with Crippen molar-refractivity contribution in [1.82, 2.24) is 4.83 Å². The lowest BCUT2D eigenvalue weighted by molar-refractivity contribution is 0.402. The zero-order chi connectivity index (χ0) is 16.0. The standard InChI is InChI=1S/C15H16N2O4S/c1-20-13-8-9-15(21-2)12(10-13)11-16-17-22(18,19)14-6-4-3-5-7-14/h3-11,17H,1-2H3/b16-11+. The molecule has 0 radical (unpaired) electrons. The molecule has 0 saturated heterocycles. The number of rotatable bonds is 6. The molecule has 2 rings (SSSR count). The predicted molar refractivity (Wildman–Crippen MR) is 83.9 cm³/mol. The van der Waals surface area contributed by atoms with Gasteiger partial charge in [0.1, 0.15) is 11.5 Å². The molecule has 0 aliphatic carbocycles. The van der Waals surface area contributed by atoms with Crippen LogP contribution in [0.15, 0.2) is 58.5 Å². The van der Waals surface area contributed by atoms with E-state index in [-0.39, 0.29) is 4.90 Å². The molecule has 7 heteroatoms. The second-order valence-corrected chi connectivity index (χ2v) is 5.93. The van der Waals surface area contributed by atoms with E-state index in [1.54, 1.807) is 43.5 Å². The highest BCUT2D eigenvalue weighted by atomic mass is 32.2. The summed E-state index contributed by atoms with van der Waals surface area (Å²) in [6.45, 7) is 0. The highest BCUT2D eigenvalue weighted by Gasteiger charge is 2.11. The van der Waals surface area contributed by atoms with Gasteiger partial charge in [0, 0.05) is 5.56 Å². The van der Waals surface area contributed by atoms with Crippen molar-refractivity contribution in [1.29, 1.82) is 0 Å². The van der Waals surface area contributed by atoms with Gasteiger partial charge in [0.15, 0.2) is 0 Å². The summed E-state index contributed by atoms with van der Waals surface area (Å²) in [6.07, 6.45) is 1.36. The van der Waals surface area contributed by atoms with E-state index in [1.165, 1.54) is 25.5 Å². The van der Waals surface area contributed by atoms with Gasteiger partial charge < -0.3 is 9.47 Å². The van der Waals surface area contributed by atoms with Crippen LogP contribution >= 0.6 is 0 Å². The van der Waals surface area contributed by atoms with Gasteiger partial charge in [0.2, 0.25) is 0 Å². The molecule has 116 valence electrons. The second kappa shape index (κ2) is 6.95. The van der Waals surface area contributed by atoms with E-state index in [2.05, 4.69) is 9.93 Å². The van der Waals surface area contributed by atoms with Crippen molar-refractivity contribution in [2.75, 3.05) is 14.2 Å². The Morgan fingerprint density at radius 2 is 1.77 bits per heavy atom. The minimum Gasteiger partial charge on any atom is -0.497 e. The van der Waals surface area contributed by atoms with E-state index in [1.807, 2.05) is 0 Å². The average molecular weight is 320 g/mol. The molecule has 0 heterocycles. The van der Waals surface area contributed by atoms with E-state index < -0.39 is 10.0 Å². The smallest absolute Gasteiger partial charge is 0.276 e. The maximum absolute atomic E-state index is 12.0. The quantitative estimate of drug-likeness (QED) is 0.652. The summed E-state index contributed by atoms with van der Waals surface area (Å²) < 4.78 is 34.3. The Kier molecular flexibility index (Phi) is 5.00. The molecule has 0 aliphatic rings. The number of nitrogens with zero attached hydrogens (tertiary/aromatic N) is 1. The third-order valence-corrected chi connectivity index (χ3v) is 4.11. The number of sulfonamides is 1. The maximum Gasteiger partial charge on any atom is 0.276 e. The molecule has 0 atom stereocenters. The van der Waals surface area contributed by atoms with Crippen LogP contribution in [0.3, 0.4) is 0 Å². The normalized spacial score (nSPS) is 11.4. The summed E-state index contributed by atoms with van der Waals surface area (Å²) in [7, 11) is -0.622. The molecule has 6 nitrogen and oxygen atoms in total. The van der Waals surface area contributed by atoms with Gasteiger partial charge in [-0.3, -0.25) is 0 Å². The van der Waals surface area contributed by atoms with Gasteiger partial charge in [0.25, 0.3) is 10.0 Å². The number of benzene rings is 2. The predicted octanol–water partition coefficient (Wildman–Crippen LogP) is 2.02. The zero-order valence-corrected chi connectivity index (χ0v) is 13.0. The Labute approximate surface area is 129 Å². The summed E-state index contributed by atoms with van der Waals surface area (Å²) in [5.41, 5.74) is 0.595. The van der Waals surface area contributed by atoms with Crippen molar-refractivity contribution in [2.45, 2.75) is 4.90 Å². The molecule has 0 fully saturated rings. The summed E-state index contributed by atoms with van der Waals surface area (Å²) >= 11 is 0. The first-order valence-electron chi connectivity index (χ1n) is 6.39. The van der Waals surface area contributed by atoms with E-state index in [4.69, 9.17) is 9.47 Å². The molecule has 0 spiro atoms. The van der Waals surface area contributed by atoms with Gasteiger partial charge in [-0.15, -0.1) is 0 Å². The van der Waals surface area contributed by atoms with Crippen molar-refractivity contribution in [3.63, 3.8) is 0 Å². The minimum atomic E-state index is -3.69. The van der Waals surface area contributed by atoms with E-state index >= 15 is 0 Å². The molecule has 2 aromatic rings. The molecule has 0 bridgehead atoms. The minimum absolute atomic E-state index is 0.143. The van der Waals surface area contributed by atoms with Gasteiger partial charge in [-0.2, -0.15) is 13.5 Å². The SMILES string of the molecule is COc1ccc(OC)c(/C=N/NS(=O)(=O)c2ccccc2)c1. The summed E-state index contributed by atoms with van der Waals surface area (Å²) in [5.74, 6) is 1.18. The van der Waals surface area contributed by atoms with Gasteiger partial charge in [-0.1, -0.05) is 18.2 Å². The van der Waals surface area contributed by atoms with Crippen LogP contribution in [0.4, 0.5) is 0 Å². The summed E-state index contributed by atoms with van der Waals surface area (Å²) in [4.78, 5) is 2.30. The first-order chi connectivity index (χ1) is 10.6. The highest BCUT2D eigenvalue weighted by Crippen LogP contribution is 2.22. The van der Waals surface area contributed by atoms with Crippen LogP contribution < -0.4 is 14.3 Å². The first kappa shape index (κ1) is 15.8. The average Bonchev–Trinajstić information content (AvgIpc) is 2.55. The topological polar surface area (TPSA) is 77.0 Å². The molecular formula is C15H16N2O4S. The van der Waals surface area contributed by atoms with E-state index in [0.29, 0.717) is 17.1 Å². The van der Waals surface area contributed by atoms with Crippen LogP contribution in [0, 0.1) is 0 Å². The second-order valence-electron chi connectivity index (χ2n) is 4.27. The van der Waals surface area contributed by atoms with Gasteiger partial charge in [-0.25, -0.2) is 4.83 Å². The molecule has 0 aliphatic heterocycles. The number of hydrogen-bond acceptors (Lipinski definition) is 5. The van der Waals surface area contributed by atoms with Crippen molar-refractivity contribution in [3.8, 4) is 11.5 Å². The van der Waals surface area contributed by atoms with Crippen LogP contribution in [0.1, 0.15) is 5.56 Å². The molecule has 0 amide bonds. The van der Waals surface area contributed by atoms with Gasteiger partial charge in [-0.05, 0) is 30.3 Å². The fourth-order valence-corrected chi connectivity index (χ4v) is 2.57. The van der Waals surface area contributed by atoms with E-state index in [0.717, 1.165) is 0 Å². The number of nitrogens with one attached hydrogen (secondary N) is 1. The Hall–Kier alpha value is -2.54. The number of hydrazone groups is 1. The molecule has 0 aromatic heterocycles. The van der Waals surface area contributed by atoms with Crippen LogP contribution in [0.25, 0.3) is 0 Å². The molecule has 2 aromatic carbocycles. The van der Waals surface area contributed by atoms with Crippen molar-refractivity contribution >= 4 is 16.2 Å². The Morgan fingerprint density at radius 3 is 2.41 bits per heavy atom. The molecule has 22 heavy (non-hydrogen) atoms. The Bertz CT molecular complexity index is 758. The third-order valence-electron chi connectivity index (χ3n) is 2.87. The molecule has 0 saturated carbocycles. The van der Waals surface area contributed by atoms with Crippen molar-refractivity contribution in [3.05, 3.63) is 54.1 Å². The monoisotopic (exact) mass is 320 g/mol. The van der Waals surface area contributed by atoms with Gasteiger partial charge >= 0.3 is 0 Å². The van der Waals surface area contributed by atoms with Crippen molar-refractivity contribution in [2.24, 2.45) is 5.10 Å². The van der Waals surface area contributed by atoms with E-state index in [9.17, 15) is 8.42 Å². The first-order valence-corrected chi connectivity index (χ1v) is 7.87. The highest BCUT2D eigenvalue weighted by molar-refractivity contribution is 7.89. The maximum atomic E-state index is 12.0. The fourth-order valence-electron chi connectivity index (χ4n) is 1.76. The Balaban J connectivity index is 2.19. The molecule has 0 unspecified atom stereocenters. The van der Waals surface area contributed by atoms with Crippen molar-refractivity contribution < 1.29 is 17.9 Å². The molecule has 1 N–H and O–H groups in total. The van der Waals surface area contributed by atoms with Crippen LogP contribution in [-0.2, 0) is 10.0 Å². The summed E-state index contributed by atoms with van der Waals surface area (Å²) in [6, 6.07) is 13.2. The number of ether oxygens (including phenoxy) is 2. The van der Waals surface area contributed by atoms with Crippen LogP contribution in [0.2, 0.25) is 0 Å². The number of methoxy groups -OCH3 is 2. The zero-order valence-electron chi connectivity index (χ0n) is 12.2. The largest absolute Gasteiger partial charge is 0.497 e. The van der Waals surface area contributed by atoms with Crippen LogP contribution in [-0.4, -0.2) is 28.9 Å². The van der Waals surface area contributed by atoms with Crippen LogP contribution in [0.5, 0.6) is 11.5 Å². The lowest BCUT2D eigenvalue weighted by Gasteiger charge is -2.07. The third kappa shape index (κ3) is 3.76.